The van der Waals surface area contributed by atoms with Crippen LogP contribution in [0.15, 0.2) is 0 Å². The first kappa shape index (κ1) is 6.24. The van der Waals surface area contributed by atoms with Crippen molar-refractivity contribution in [3.8, 4) is 11.8 Å². The van der Waals surface area contributed by atoms with Gasteiger partial charge in [0.25, 0.3) is 0 Å². The van der Waals surface area contributed by atoms with E-state index < -0.39 is 0 Å². The normalized spacial score (nSPS) is 43.9. The van der Waals surface area contributed by atoms with Gasteiger partial charge in [0.15, 0.2) is 0 Å². The molecule has 1 saturated carbocycles. The topological polar surface area (TPSA) is 26.0 Å². The lowest BCUT2D eigenvalue weighted by molar-refractivity contribution is 0.618. The zero-order valence-corrected chi connectivity index (χ0v) is 6.14. The summed E-state index contributed by atoms with van der Waals surface area (Å²) in [5.74, 6) is 7.98. The Morgan fingerprint density at radius 2 is 1.50 bits per heavy atom. The van der Waals surface area contributed by atoms with Crippen LogP contribution in [0.4, 0.5) is 0 Å². The molecule has 0 saturated heterocycles. The predicted molar refractivity (Wildman–Crippen MR) is 41.2 cm³/mol. The van der Waals surface area contributed by atoms with Crippen LogP contribution in [0.25, 0.3) is 0 Å². The Labute approximate surface area is 62.0 Å². The Balaban J connectivity index is 1.97. The summed E-state index contributed by atoms with van der Waals surface area (Å²) in [5.41, 5.74) is 5.86. The van der Waals surface area contributed by atoms with Gasteiger partial charge in [-0.1, -0.05) is 0 Å². The first-order valence-corrected chi connectivity index (χ1v) is 4.11. The molecule has 0 spiro atoms. The first-order valence-electron chi connectivity index (χ1n) is 4.11. The lowest BCUT2D eigenvalue weighted by Gasteiger charge is -1.95. The average molecular weight is 135 g/mol. The summed E-state index contributed by atoms with van der Waals surface area (Å²) in [5, 5.41) is 0. The van der Waals surface area contributed by atoms with Crippen LogP contribution < -0.4 is 5.73 Å². The molecule has 0 amide bonds. The lowest BCUT2D eigenvalue weighted by Crippen LogP contribution is -2.03. The lowest BCUT2D eigenvalue weighted by atomic mass is 10.1. The fourth-order valence-corrected chi connectivity index (χ4v) is 1.94. The third-order valence-corrected chi connectivity index (χ3v) is 2.73. The molecule has 0 aromatic heterocycles. The molecule has 2 atom stereocenters. The third kappa shape index (κ3) is 0.932. The smallest absolute Gasteiger partial charge is 0.0103 e. The van der Waals surface area contributed by atoms with Crippen molar-refractivity contribution >= 4 is 0 Å². The third-order valence-electron chi connectivity index (χ3n) is 2.73. The van der Waals surface area contributed by atoms with Crippen molar-refractivity contribution in [1.82, 2.24) is 0 Å². The maximum absolute atomic E-state index is 5.86. The highest BCUT2D eigenvalue weighted by molar-refractivity contribution is 5.09. The van der Waals surface area contributed by atoms with Gasteiger partial charge < -0.3 is 5.73 Å². The van der Waals surface area contributed by atoms with Gasteiger partial charge in [0.2, 0.25) is 0 Å². The van der Waals surface area contributed by atoms with E-state index in [1.807, 2.05) is 0 Å². The zero-order valence-electron chi connectivity index (χ0n) is 6.14. The number of fused-ring (bicyclic) bond motifs is 1. The van der Waals surface area contributed by atoms with Crippen molar-refractivity contribution in [3.05, 3.63) is 0 Å². The summed E-state index contributed by atoms with van der Waals surface area (Å²) in [6.07, 6.45) is 4.65. The summed E-state index contributed by atoms with van der Waals surface area (Å²) in [6, 6.07) is 0.515. The van der Waals surface area contributed by atoms with Crippen LogP contribution in [0.1, 0.15) is 25.7 Å². The Bertz CT molecular complexity index is 169. The van der Waals surface area contributed by atoms with E-state index in [-0.39, 0.29) is 0 Å². The molecular weight excluding hydrogens is 122 g/mol. The highest BCUT2D eigenvalue weighted by Crippen LogP contribution is 2.44. The van der Waals surface area contributed by atoms with Crippen molar-refractivity contribution in [2.24, 2.45) is 17.6 Å². The SMILES string of the molecule is NC1C2CCC#CCCC12. The van der Waals surface area contributed by atoms with Crippen LogP contribution >= 0.6 is 0 Å². The summed E-state index contributed by atoms with van der Waals surface area (Å²) >= 11 is 0. The fraction of sp³-hybridized carbons (Fsp3) is 0.778. The summed E-state index contributed by atoms with van der Waals surface area (Å²) in [4.78, 5) is 0. The molecule has 0 bridgehead atoms. The van der Waals surface area contributed by atoms with E-state index in [2.05, 4.69) is 11.8 Å². The molecular formula is C9H13N. The molecule has 0 heterocycles. The van der Waals surface area contributed by atoms with Crippen LogP contribution in [-0.4, -0.2) is 6.04 Å². The molecule has 0 aliphatic heterocycles. The van der Waals surface area contributed by atoms with Crippen molar-refractivity contribution in [2.75, 3.05) is 0 Å². The minimum absolute atomic E-state index is 0.515. The van der Waals surface area contributed by atoms with Crippen LogP contribution in [0.5, 0.6) is 0 Å². The molecule has 2 rings (SSSR count). The van der Waals surface area contributed by atoms with E-state index >= 15 is 0 Å². The number of rotatable bonds is 0. The monoisotopic (exact) mass is 135 g/mol. The average Bonchev–Trinajstić information content (AvgIpc) is 2.39. The predicted octanol–water partition coefficient (Wildman–Crippen LogP) is 1.14. The molecule has 1 heteroatoms. The zero-order chi connectivity index (χ0) is 6.97. The molecule has 2 N–H and O–H groups in total. The van der Waals surface area contributed by atoms with Gasteiger partial charge in [-0.3, -0.25) is 0 Å². The second-order valence-corrected chi connectivity index (χ2v) is 3.34. The molecule has 1 nitrogen and oxygen atoms in total. The maximum atomic E-state index is 5.86. The minimum atomic E-state index is 0.515. The molecule has 1 fully saturated rings. The van der Waals surface area contributed by atoms with Gasteiger partial charge in [-0.25, -0.2) is 0 Å². The maximum Gasteiger partial charge on any atom is 0.0103 e. The Kier molecular flexibility index (Phi) is 1.43. The van der Waals surface area contributed by atoms with E-state index in [9.17, 15) is 0 Å². The molecule has 0 aromatic rings. The van der Waals surface area contributed by atoms with Crippen LogP contribution in [0, 0.1) is 23.7 Å². The van der Waals surface area contributed by atoms with Crippen LogP contribution in [-0.2, 0) is 0 Å². The van der Waals surface area contributed by atoms with Gasteiger partial charge in [-0.15, -0.1) is 11.8 Å². The second-order valence-electron chi connectivity index (χ2n) is 3.34. The summed E-state index contributed by atoms with van der Waals surface area (Å²) < 4.78 is 0. The largest absolute Gasteiger partial charge is 0.327 e. The standard InChI is InChI=1S/C9H13N/c10-9-7-5-3-1-2-4-6-8(7)9/h7-9H,3-6,10H2. The molecule has 0 aromatic carbocycles. The van der Waals surface area contributed by atoms with E-state index in [4.69, 9.17) is 5.73 Å². The number of nitrogens with two attached hydrogens (primary N) is 1. The minimum Gasteiger partial charge on any atom is -0.327 e. The van der Waals surface area contributed by atoms with Gasteiger partial charge in [0.1, 0.15) is 0 Å². The highest BCUT2D eigenvalue weighted by atomic mass is 14.8. The summed E-state index contributed by atoms with van der Waals surface area (Å²) in [6.45, 7) is 0. The van der Waals surface area contributed by atoms with Gasteiger partial charge in [0, 0.05) is 18.9 Å². The van der Waals surface area contributed by atoms with Gasteiger partial charge in [0.05, 0.1) is 0 Å². The molecule has 2 aliphatic rings. The van der Waals surface area contributed by atoms with Gasteiger partial charge in [-0.2, -0.15) is 0 Å². The first-order chi connectivity index (χ1) is 4.89. The van der Waals surface area contributed by atoms with Crippen LogP contribution in [0.2, 0.25) is 0 Å². The Morgan fingerprint density at radius 3 is 2.00 bits per heavy atom. The highest BCUT2D eigenvalue weighted by Gasteiger charge is 2.45. The van der Waals surface area contributed by atoms with E-state index in [0.29, 0.717) is 6.04 Å². The number of hydrogen-bond donors (Lipinski definition) is 1. The van der Waals surface area contributed by atoms with Gasteiger partial charge in [-0.05, 0) is 24.7 Å². The molecule has 10 heavy (non-hydrogen) atoms. The van der Waals surface area contributed by atoms with Crippen molar-refractivity contribution in [2.45, 2.75) is 31.7 Å². The van der Waals surface area contributed by atoms with E-state index in [1.54, 1.807) is 0 Å². The Hall–Kier alpha value is -0.480. The van der Waals surface area contributed by atoms with Crippen molar-refractivity contribution in [1.29, 1.82) is 0 Å². The molecule has 0 radical (unpaired) electrons. The quantitative estimate of drug-likeness (QED) is 0.495. The second kappa shape index (κ2) is 2.29. The van der Waals surface area contributed by atoms with Crippen LogP contribution in [0.3, 0.4) is 0 Å². The molecule has 54 valence electrons. The van der Waals surface area contributed by atoms with Crippen molar-refractivity contribution in [3.63, 3.8) is 0 Å². The van der Waals surface area contributed by atoms with E-state index in [1.165, 1.54) is 12.8 Å². The van der Waals surface area contributed by atoms with Gasteiger partial charge >= 0.3 is 0 Å². The Morgan fingerprint density at radius 1 is 1.00 bits per heavy atom. The fourth-order valence-electron chi connectivity index (χ4n) is 1.94. The number of hydrogen-bond acceptors (Lipinski definition) is 1. The molecule has 2 unspecified atom stereocenters. The van der Waals surface area contributed by atoms with E-state index in [0.717, 1.165) is 24.7 Å². The van der Waals surface area contributed by atoms with Crippen molar-refractivity contribution < 1.29 is 0 Å². The summed E-state index contributed by atoms with van der Waals surface area (Å²) in [7, 11) is 0. The molecule has 2 aliphatic carbocycles.